The lowest BCUT2D eigenvalue weighted by Crippen LogP contribution is -2.50. The number of cyclic esters (lactones) is 1. The average molecular weight is 420 g/mol. The van der Waals surface area contributed by atoms with E-state index in [1.807, 2.05) is 91.0 Å². The molecule has 0 aliphatic carbocycles. The fourth-order valence-electron chi connectivity index (χ4n) is 3.99. The van der Waals surface area contributed by atoms with Gasteiger partial charge in [-0.05, 0) is 16.7 Å². The molecule has 4 rings (SSSR count). The van der Waals surface area contributed by atoms with Gasteiger partial charge in [0.25, 0.3) is 0 Å². The van der Waals surface area contributed by atoms with E-state index < -0.39 is 36.0 Å². The van der Waals surface area contributed by atoms with Crippen molar-refractivity contribution >= 4 is 5.97 Å². The summed E-state index contributed by atoms with van der Waals surface area (Å²) >= 11 is 0. The van der Waals surface area contributed by atoms with Crippen molar-refractivity contribution < 1.29 is 29.6 Å². The molecule has 3 atom stereocenters. The lowest BCUT2D eigenvalue weighted by atomic mass is 9.80. The Bertz CT molecular complexity index is 911. The average Bonchev–Trinajstić information content (AvgIpc) is 3.05. The van der Waals surface area contributed by atoms with E-state index in [1.165, 1.54) is 0 Å². The molecule has 6 heteroatoms. The first-order valence-corrected chi connectivity index (χ1v) is 10.1. The van der Waals surface area contributed by atoms with Gasteiger partial charge in [0, 0.05) is 0 Å². The van der Waals surface area contributed by atoms with Crippen molar-refractivity contribution in [2.75, 3.05) is 13.2 Å². The van der Waals surface area contributed by atoms with Crippen LogP contribution in [0.3, 0.4) is 0 Å². The molecule has 1 aliphatic rings. The second kappa shape index (κ2) is 8.61. The molecule has 0 saturated carbocycles. The summed E-state index contributed by atoms with van der Waals surface area (Å²) in [4.78, 5) is 12.0. The molecular formula is C25H24O6. The summed E-state index contributed by atoms with van der Waals surface area (Å²) in [7, 11) is 0. The van der Waals surface area contributed by atoms with Gasteiger partial charge in [0.05, 0.1) is 13.2 Å². The van der Waals surface area contributed by atoms with E-state index >= 15 is 0 Å². The van der Waals surface area contributed by atoms with E-state index in [2.05, 4.69) is 0 Å². The summed E-state index contributed by atoms with van der Waals surface area (Å²) in [6, 6.07) is 28.9. The van der Waals surface area contributed by atoms with E-state index in [1.54, 1.807) is 0 Å². The molecule has 3 N–H and O–H groups in total. The standard InChI is InChI=1S/C25H24O6/c26-17-24(29)22(27)21(31-23(24)28)16-30-25(18-10-4-1-5-11-18,19-12-6-2-7-13-19)20-14-8-3-9-15-20/h1-15,21-22,26-27,29H,16-17H2/t21-,22-,24+/m1/s1. The summed E-state index contributed by atoms with van der Waals surface area (Å²) in [6.07, 6.45) is -2.76. The molecule has 0 amide bonds. The maximum absolute atomic E-state index is 12.0. The van der Waals surface area contributed by atoms with Gasteiger partial charge in [-0.15, -0.1) is 0 Å². The van der Waals surface area contributed by atoms with Crippen LogP contribution in [-0.2, 0) is 19.9 Å². The van der Waals surface area contributed by atoms with Crippen molar-refractivity contribution in [3.8, 4) is 0 Å². The highest BCUT2D eigenvalue weighted by molar-refractivity contribution is 5.83. The van der Waals surface area contributed by atoms with Crippen LogP contribution in [0.5, 0.6) is 0 Å². The molecule has 0 spiro atoms. The predicted molar refractivity (Wildman–Crippen MR) is 113 cm³/mol. The third-order valence-electron chi connectivity index (χ3n) is 5.70. The molecule has 0 unspecified atom stereocenters. The van der Waals surface area contributed by atoms with Crippen LogP contribution in [0.2, 0.25) is 0 Å². The van der Waals surface area contributed by atoms with Gasteiger partial charge in [-0.2, -0.15) is 0 Å². The Balaban J connectivity index is 1.79. The Morgan fingerprint density at radius 2 is 1.26 bits per heavy atom. The van der Waals surface area contributed by atoms with Crippen LogP contribution in [0, 0.1) is 0 Å². The fourth-order valence-corrected chi connectivity index (χ4v) is 3.99. The largest absolute Gasteiger partial charge is 0.455 e. The Hall–Kier alpha value is -3.03. The van der Waals surface area contributed by atoms with E-state index in [0.29, 0.717) is 0 Å². The monoisotopic (exact) mass is 420 g/mol. The zero-order chi connectivity index (χ0) is 21.9. The summed E-state index contributed by atoms with van der Waals surface area (Å²) in [5.41, 5.74) is -0.866. The van der Waals surface area contributed by atoms with Crippen molar-refractivity contribution in [2.24, 2.45) is 0 Å². The van der Waals surface area contributed by atoms with Gasteiger partial charge >= 0.3 is 5.97 Å². The highest BCUT2D eigenvalue weighted by atomic mass is 16.6. The van der Waals surface area contributed by atoms with E-state index in [4.69, 9.17) is 9.47 Å². The Morgan fingerprint density at radius 3 is 1.61 bits per heavy atom. The third-order valence-corrected chi connectivity index (χ3v) is 5.70. The molecule has 0 aromatic heterocycles. The maximum Gasteiger partial charge on any atom is 0.343 e. The number of ether oxygens (including phenoxy) is 2. The first-order valence-electron chi connectivity index (χ1n) is 10.1. The lowest BCUT2D eigenvalue weighted by Gasteiger charge is -2.37. The summed E-state index contributed by atoms with van der Waals surface area (Å²) in [5, 5.41) is 30.1. The number of aliphatic hydroxyl groups is 3. The van der Waals surface area contributed by atoms with Crippen LogP contribution in [-0.4, -0.2) is 52.3 Å². The molecule has 160 valence electrons. The third kappa shape index (κ3) is 3.64. The van der Waals surface area contributed by atoms with Gasteiger partial charge in [-0.25, -0.2) is 4.79 Å². The number of esters is 1. The normalized spacial score (nSPS) is 23.5. The predicted octanol–water partition coefficient (Wildman–Crippen LogP) is 2.00. The van der Waals surface area contributed by atoms with Crippen LogP contribution < -0.4 is 0 Å². The van der Waals surface area contributed by atoms with Gasteiger partial charge < -0.3 is 24.8 Å². The van der Waals surface area contributed by atoms with Crippen LogP contribution in [0.1, 0.15) is 16.7 Å². The number of hydrogen-bond donors (Lipinski definition) is 3. The van der Waals surface area contributed by atoms with Crippen LogP contribution in [0.4, 0.5) is 0 Å². The number of aliphatic hydroxyl groups excluding tert-OH is 2. The molecule has 6 nitrogen and oxygen atoms in total. The number of benzene rings is 3. The molecule has 31 heavy (non-hydrogen) atoms. The molecule has 0 bridgehead atoms. The quantitative estimate of drug-likeness (QED) is 0.400. The smallest absolute Gasteiger partial charge is 0.343 e. The topological polar surface area (TPSA) is 96.2 Å². The first kappa shape index (κ1) is 21.2. The van der Waals surface area contributed by atoms with E-state index in [9.17, 15) is 20.1 Å². The summed E-state index contributed by atoms with van der Waals surface area (Å²) in [5.74, 6) is -1.07. The van der Waals surface area contributed by atoms with Gasteiger partial charge in [0.1, 0.15) is 11.7 Å². The van der Waals surface area contributed by atoms with Gasteiger partial charge in [-0.1, -0.05) is 91.0 Å². The molecule has 1 aliphatic heterocycles. The number of rotatable bonds is 7. The molecule has 1 fully saturated rings. The number of carbonyl (C=O) groups excluding carboxylic acids is 1. The Kier molecular flexibility index (Phi) is 5.89. The fraction of sp³-hybridized carbons (Fsp3) is 0.240. The zero-order valence-corrected chi connectivity index (χ0v) is 16.8. The maximum atomic E-state index is 12.0. The van der Waals surface area contributed by atoms with Crippen molar-refractivity contribution in [1.29, 1.82) is 0 Å². The van der Waals surface area contributed by atoms with Gasteiger partial charge in [0.15, 0.2) is 6.10 Å². The lowest BCUT2D eigenvalue weighted by molar-refractivity contribution is -0.161. The molecular weight excluding hydrogens is 396 g/mol. The van der Waals surface area contributed by atoms with Gasteiger partial charge in [-0.3, -0.25) is 0 Å². The highest BCUT2D eigenvalue weighted by Gasteiger charge is 2.56. The molecule has 3 aromatic rings. The zero-order valence-electron chi connectivity index (χ0n) is 16.8. The van der Waals surface area contributed by atoms with Crippen molar-refractivity contribution in [2.45, 2.75) is 23.4 Å². The van der Waals surface area contributed by atoms with Crippen LogP contribution in [0.15, 0.2) is 91.0 Å². The minimum absolute atomic E-state index is 0.200. The van der Waals surface area contributed by atoms with Crippen LogP contribution in [0.25, 0.3) is 0 Å². The van der Waals surface area contributed by atoms with Crippen molar-refractivity contribution in [3.05, 3.63) is 108 Å². The molecule has 1 saturated heterocycles. The van der Waals surface area contributed by atoms with Gasteiger partial charge in [0.2, 0.25) is 5.60 Å². The highest BCUT2D eigenvalue weighted by Crippen LogP contribution is 2.41. The van der Waals surface area contributed by atoms with Crippen molar-refractivity contribution in [1.82, 2.24) is 0 Å². The molecule has 1 heterocycles. The molecule has 3 aromatic carbocycles. The second-order valence-corrected chi connectivity index (χ2v) is 7.56. The number of hydrogen-bond acceptors (Lipinski definition) is 6. The summed E-state index contributed by atoms with van der Waals surface area (Å²) in [6.45, 7) is -1.14. The number of carbonyl (C=O) groups is 1. The minimum atomic E-state index is -2.36. The van der Waals surface area contributed by atoms with Crippen molar-refractivity contribution in [3.63, 3.8) is 0 Å². The SMILES string of the molecule is O=C1O[C@H](COC(c2ccccc2)(c2ccccc2)c2ccccc2)[C@@H](O)[C@@]1(O)CO. The van der Waals surface area contributed by atoms with E-state index in [0.717, 1.165) is 16.7 Å². The first-order chi connectivity index (χ1) is 15.0. The minimum Gasteiger partial charge on any atom is -0.455 e. The van der Waals surface area contributed by atoms with Crippen LogP contribution >= 0.6 is 0 Å². The van der Waals surface area contributed by atoms with E-state index in [-0.39, 0.29) is 6.61 Å². The second-order valence-electron chi connectivity index (χ2n) is 7.56. The summed E-state index contributed by atoms with van der Waals surface area (Å²) < 4.78 is 11.7. The Morgan fingerprint density at radius 1 is 0.839 bits per heavy atom. The Labute approximate surface area is 180 Å². The molecule has 0 radical (unpaired) electrons.